The molecule has 17 nitrogen and oxygen atoms in total. The fourth-order valence-electron chi connectivity index (χ4n) is 8.30. The molecule has 3 aromatic heterocycles. The average molecular weight is 1010 g/mol. The summed E-state index contributed by atoms with van der Waals surface area (Å²) in [5, 5.41) is 4.92. The zero-order valence-corrected chi connectivity index (χ0v) is 42.6. The molecule has 370 valence electrons. The molecular formula is C47H63N7O10S4. The molecule has 21 heteroatoms. The van der Waals surface area contributed by atoms with Gasteiger partial charge in [-0.15, -0.1) is 22.7 Å². The zero-order chi connectivity index (χ0) is 49.0. The van der Waals surface area contributed by atoms with Crippen molar-refractivity contribution in [2.75, 3.05) is 27.3 Å². The van der Waals surface area contributed by atoms with Crippen molar-refractivity contribution >= 4 is 54.6 Å². The minimum Gasteiger partial charge on any atom is -0.447 e. The zero-order valence-electron chi connectivity index (χ0n) is 39.4. The Balaban J connectivity index is 0.000000233. The summed E-state index contributed by atoms with van der Waals surface area (Å²) < 4.78 is 78.0. The van der Waals surface area contributed by atoms with E-state index in [-0.39, 0.29) is 52.6 Å². The second-order valence-electron chi connectivity index (χ2n) is 17.0. The minimum atomic E-state index is -3.85. The van der Waals surface area contributed by atoms with Crippen molar-refractivity contribution in [3.8, 4) is 32.3 Å². The van der Waals surface area contributed by atoms with E-state index in [9.17, 15) is 26.4 Å². The molecule has 0 radical (unpaired) electrons. The first-order valence-corrected chi connectivity index (χ1v) is 27.6. The monoisotopic (exact) mass is 1010 g/mol. The molecule has 5 N–H and O–H groups in total. The van der Waals surface area contributed by atoms with Gasteiger partial charge in [0.2, 0.25) is 25.9 Å². The van der Waals surface area contributed by atoms with E-state index in [2.05, 4.69) is 29.7 Å². The largest absolute Gasteiger partial charge is 0.447 e. The Morgan fingerprint density at radius 2 is 1.32 bits per heavy atom. The van der Waals surface area contributed by atoms with Crippen LogP contribution in [-0.4, -0.2) is 95.5 Å². The molecule has 0 unspecified atom stereocenters. The van der Waals surface area contributed by atoms with Gasteiger partial charge in [0.05, 0.1) is 41.9 Å². The van der Waals surface area contributed by atoms with Gasteiger partial charge in [0.1, 0.15) is 6.26 Å². The van der Waals surface area contributed by atoms with Crippen molar-refractivity contribution in [1.82, 2.24) is 29.7 Å². The number of alkyl carbamates (subject to hydrolysis) is 1. The SMILES string of the molecule is CCNS(=O)(=O)c1cc(-c2ncco2)ccc1-c1cnc(C2CCC(N)CC2)s1.CCNS(=O)(=O)c1cc(C(=O)CCC(OC)OC)ccc1-c1cnc(C2CCC(NC(=O)OC(C)C)CC2)s1. The standard InChI is InChI=1S/C27H39N3O7S2.C20H24N4O3S2/c1-6-29-39(33,34)24-15-19(22(31)13-14-25(35-4)36-5)9-12-21(24)23-16-28-26(38-23)18-7-10-20(11-8-18)30-27(32)37-17(2)3;1-2-24-29(25,26)18-11-14(19-22-9-10-27-19)5-8-16(18)17-12-23-20(28-17)13-3-6-15(21)7-4-13/h9,12,15-18,20,25,29H,6-8,10-11,13-14H2,1-5H3,(H,30,32);5,8-13,15,24H,2-4,6-7,21H2,1H3. The van der Waals surface area contributed by atoms with Crippen molar-refractivity contribution in [2.24, 2.45) is 5.73 Å². The molecule has 2 fully saturated rings. The van der Waals surface area contributed by atoms with Crippen LogP contribution in [0.2, 0.25) is 0 Å². The molecule has 0 bridgehead atoms. The Morgan fingerprint density at radius 1 is 0.779 bits per heavy atom. The van der Waals surface area contributed by atoms with E-state index >= 15 is 0 Å². The summed E-state index contributed by atoms with van der Waals surface area (Å²) in [5.41, 5.74) is 8.09. The number of benzene rings is 2. The molecule has 0 atom stereocenters. The van der Waals surface area contributed by atoms with Gasteiger partial charge in [-0.25, -0.2) is 46.0 Å². The Kier molecular flexibility index (Phi) is 19.0. The van der Waals surface area contributed by atoms with Crippen molar-refractivity contribution < 1.29 is 45.1 Å². The maximum atomic E-state index is 13.1. The van der Waals surface area contributed by atoms with Crippen molar-refractivity contribution in [1.29, 1.82) is 0 Å². The maximum absolute atomic E-state index is 13.1. The third kappa shape index (κ3) is 13.9. The fourth-order valence-corrected chi connectivity index (χ4v) is 13.2. The van der Waals surface area contributed by atoms with Crippen LogP contribution < -0.4 is 20.5 Å². The second kappa shape index (κ2) is 24.4. The smallest absolute Gasteiger partial charge is 0.407 e. The van der Waals surface area contributed by atoms with Gasteiger partial charge < -0.3 is 29.7 Å². The number of thiazole rings is 2. The third-order valence-corrected chi connectivity index (χ3v) is 17.3. The number of sulfonamides is 2. The number of nitrogens with two attached hydrogens (primary N) is 1. The third-order valence-electron chi connectivity index (χ3n) is 11.8. The van der Waals surface area contributed by atoms with E-state index in [0.717, 1.165) is 71.1 Å². The number of aromatic nitrogens is 3. The number of oxazole rings is 1. The Hall–Kier alpha value is -4.45. The molecule has 2 aromatic carbocycles. The van der Waals surface area contributed by atoms with Crippen LogP contribution in [0.4, 0.5) is 4.79 Å². The van der Waals surface area contributed by atoms with Crippen LogP contribution in [0.25, 0.3) is 32.3 Å². The topological polar surface area (TPSA) is 244 Å². The van der Waals surface area contributed by atoms with Crippen LogP contribution >= 0.6 is 22.7 Å². The lowest BCUT2D eigenvalue weighted by molar-refractivity contribution is -0.105. The number of hydrogen-bond acceptors (Lipinski definition) is 16. The number of ether oxygens (including phenoxy) is 3. The van der Waals surface area contributed by atoms with E-state index in [1.807, 2.05) is 19.9 Å². The van der Waals surface area contributed by atoms with Gasteiger partial charge >= 0.3 is 6.09 Å². The van der Waals surface area contributed by atoms with Gasteiger partial charge in [-0.2, -0.15) is 0 Å². The number of carbonyl (C=O) groups is 2. The number of ketones is 1. The summed E-state index contributed by atoms with van der Waals surface area (Å²) in [6, 6.07) is 10.4. The molecule has 68 heavy (non-hydrogen) atoms. The van der Waals surface area contributed by atoms with E-state index in [0.29, 0.717) is 47.0 Å². The molecular weight excluding hydrogens is 951 g/mol. The van der Waals surface area contributed by atoms with Crippen LogP contribution in [0, 0.1) is 0 Å². The van der Waals surface area contributed by atoms with Crippen molar-refractivity contribution in [3.05, 3.63) is 76.8 Å². The van der Waals surface area contributed by atoms with Gasteiger partial charge in [-0.05, 0) is 83.4 Å². The van der Waals surface area contributed by atoms with Crippen molar-refractivity contribution in [2.45, 2.75) is 138 Å². The van der Waals surface area contributed by atoms with Gasteiger partial charge in [0.25, 0.3) is 0 Å². The Labute approximate surface area is 407 Å². The first-order valence-electron chi connectivity index (χ1n) is 23.0. The highest BCUT2D eigenvalue weighted by Crippen LogP contribution is 2.41. The van der Waals surface area contributed by atoms with E-state index in [4.69, 9.17) is 24.4 Å². The second-order valence-corrected chi connectivity index (χ2v) is 22.6. The molecule has 7 rings (SSSR count). The molecule has 2 saturated carbocycles. The lowest BCUT2D eigenvalue weighted by Gasteiger charge is -2.28. The summed E-state index contributed by atoms with van der Waals surface area (Å²) in [6.07, 6.45) is 13.4. The molecule has 2 aliphatic rings. The summed E-state index contributed by atoms with van der Waals surface area (Å²) in [6.45, 7) is 7.63. The number of nitrogens with zero attached hydrogens (tertiary/aromatic N) is 3. The van der Waals surface area contributed by atoms with Gasteiger partial charge in [-0.1, -0.05) is 32.0 Å². The summed E-state index contributed by atoms with van der Waals surface area (Å²) in [5.74, 6) is 0.815. The minimum absolute atomic E-state index is 0.0528. The summed E-state index contributed by atoms with van der Waals surface area (Å²) in [7, 11) is -4.53. The molecule has 0 saturated heterocycles. The van der Waals surface area contributed by atoms with Gasteiger partial charge in [0, 0.05) is 98.7 Å². The number of amides is 1. The predicted octanol–water partition coefficient (Wildman–Crippen LogP) is 8.60. The predicted molar refractivity (Wildman–Crippen MR) is 263 cm³/mol. The van der Waals surface area contributed by atoms with Crippen LogP contribution in [0.3, 0.4) is 0 Å². The summed E-state index contributed by atoms with van der Waals surface area (Å²) in [4.78, 5) is 40.0. The molecule has 1 amide bonds. The average Bonchev–Trinajstić information content (AvgIpc) is 4.14. The van der Waals surface area contributed by atoms with E-state index in [1.54, 1.807) is 61.8 Å². The van der Waals surface area contributed by atoms with Crippen LogP contribution in [0.1, 0.15) is 124 Å². The first kappa shape index (κ1) is 52.9. The molecule has 3 heterocycles. The first-order chi connectivity index (χ1) is 32.5. The number of methoxy groups -OCH3 is 2. The highest BCUT2D eigenvalue weighted by atomic mass is 32.2. The quantitative estimate of drug-likeness (QED) is 0.0447. The normalized spacial score (nSPS) is 18.8. The molecule has 0 spiro atoms. The Morgan fingerprint density at radius 3 is 1.84 bits per heavy atom. The molecule has 2 aliphatic carbocycles. The van der Waals surface area contributed by atoms with Crippen molar-refractivity contribution in [3.63, 3.8) is 0 Å². The van der Waals surface area contributed by atoms with E-state index in [1.165, 1.54) is 44.1 Å². The molecule has 5 aromatic rings. The molecule has 0 aliphatic heterocycles. The number of nitrogens with one attached hydrogen (secondary N) is 3. The van der Waals surface area contributed by atoms with Crippen LogP contribution in [-0.2, 0) is 34.3 Å². The van der Waals surface area contributed by atoms with E-state index < -0.39 is 32.4 Å². The number of hydrogen-bond donors (Lipinski definition) is 4. The highest BCUT2D eigenvalue weighted by molar-refractivity contribution is 7.90. The van der Waals surface area contributed by atoms with Gasteiger partial charge in [-0.3, -0.25) is 4.79 Å². The number of rotatable bonds is 19. The van der Waals surface area contributed by atoms with Crippen LogP contribution in [0.15, 0.2) is 75.5 Å². The highest BCUT2D eigenvalue weighted by Gasteiger charge is 2.29. The fraction of sp³-hybridized carbons (Fsp3) is 0.511. The van der Waals surface area contributed by atoms with Crippen LogP contribution in [0.5, 0.6) is 0 Å². The number of carbonyl (C=O) groups excluding carboxylic acids is 2. The lowest BCUT2D eigenvalue weighted by Crippen LogP contribution is -2.38. The Bertz CT molecular complexity index is 2650. The maximum Gasteiger partial charge on any atom is 0.407 e. The summed E-state index contributed by atoms with van der Waals surface area (Å²) >= 11 is 3.03. The van der Waals surface area contributed by atoms with Gasteiger partial charge in [0.15, 0.2) is 12.1 Å². The number of Topliss-reactive ketones (excluding diaryl/α,β-unsaturated/α-hetero) is 1. The lowest BCUT2D eigenvalue weighted by atomic mass is 9.86.